The Labute approximate surface area is 135 Å². The van der Waals surface area contributed by atoms with Crippen molar-refractivity contribution in [2.24, 2.45) is 5.73 Å². The van der Waals surface area contributed by atoms with E-state index < -0.39 is 0 Å². The van der Waals surface area contributed by atoms with Crippen molar-refractivity contribution < 1.29 is 9.47 Å². The summed E-state index contributed by atoms with van der Waals surface area (Å²) < 4.78 is 10.7. The number of nitrogens with zero attached hydrogens (tertiary/aromatic N) is 2. The average molecular weight is 310 g/mol. The van der Waals surface area contributed by atoms with E-state index in [0.717, 1.165) is 28.2 Å². The Morgan fingerprint density at radius 1 is 1.35 bits per heavy atom. The smallest absolute Gasteiger partial charge is 0.124 e. The summed E-state index contributed by atoms with van der Waals surface area (Å²) in [5.74, 6) is 1.98. The Bertz CT molecular complexity index is 771. The number of methoxy groups -OCH3 is 2. The van der Waals surface area contributed by atoms with Crippen LogP contribution in [0, 0.1) is 11.3 Å². The van der Waals surface area contributed by atoms with E-state index in [4.69, 9.17) is 15.2 Å². The highest BCUT2D eigenvalue weighted by Crippen LogP contribution is 2.32. The minimum Gasteiger partial charge on any atom is -0.497 e. The number of nitrogens with two attached hydrogens (primary N) is 1. The summed E-state index contributed by atoms with van der Waals surface area (Å²) in [5.41, 5.74) is 9.27. The molecule has 23 heavy (non-hydrogen) atoms. The Hall–Kier alpha value is -3.07. The maximum Gasteiger partial charge on any atom is 0.124 e. The molecule has 2 aliphatic rings. The Morgan fingerprint density at radius 3 is 2.87 bits per heavy atom. The van der Waals surface area contributed by atoms with Crippen LogP contribution in [0.2, 0.25) is 0 Å². The summed E-state index contributed by atoms with van der Waals surface area (Å²) in [7, 11) is 3.29. The van der Waals surface area contributed by atoms with Gasteiger partial charge in [-0.2, -0.15) is 5.26 Å². The molecule has 0 saturated heterocycles. The van der Waals surface area contributed by atoms with Crippen LogP contribution >= 0.6 is 0 Å². The molecular weight excluding hydrogens is 292 g/mol. The van der Waals surface area contributed by atoms with Gasteiger partial charge in [-0.1, -0.05) is 0 Å². The third-order valence-corrected chi connectivity index (χ3v) is 3.94. The molecule has 0 fully saturated rings. The standard InChI is InChI=1S/C17H18N4O2/c1-22-13-3-4-16(23-2)11(5-13)8-21-9-12-7-20-17(19)14(6-18)15(12)10-21/h3-5,7,10,20H,8-9,19H2,1-2H3. The van der Waals surface area contributed by atoms with E-state index in [1.165, 1.54) is 0 Å². The van der Waals surface area contributed by atoms with Gasteiger partial charge in [-0.05, 0) is 23.8 Å². The number of hydrogen-bond donors (Lipinski definition) is 2. The second-order valence-electron chi connectivity index (χ2n) is 5.34. The zero-order valence-electron chi connectivity index (χ0n) is 13.1. The average Bonchev–Trinajstić information content (AvgIpc) is 2.97. The third kappa shape index (κ3) is 2.69. The number of nitrogens with one attached hydrogen (secondary N) is 1. The molecule has 0 bridgehead atoms. The van der Waals surface area contributed by atoms with Gasteiger partial charge in [0.05, 0.1) is 14.2 Å². The predicted molar refractivity (Wildman–Crippen MR) is 86.1 cm³/mol. The predicted octanol–water partition coefficient (Wildman–Crippen LogP) is 1.58. The van der Waals surface area contributed by atoms with Crippen molar-refractivity contribution >= 4 is 0 Å². The molecule has 118 valence electrons. The molecule has 0 atom stereocenters. The molecule has 2 aliphatic heterocycles. The van der Waals surface area contributed by atoms with Crippen molar-refractivity contribution in [1.82, 2.24) is 10.2 Å². The van der Waals surface area contributed by atoms with Gasteiger partial charge in [-0.3, -0.25) is 0 Å². The van der Waals surface area contributed by atoms with E-state index in [2.05, 4.69) is 16.3 Å². The molecule has 0 spiro atoms. The minimum atomic E-state index is 0.392. The Kier molecular flexibility index (Phi) is 3.85. The number of benzene rings is 1. The molecule has 6 heteroatoms. The molecule has 0 radical (unpaired) electrons. The van der Waals surface area contributed by atoms with Gasteiger partial charge in [0.1, 0.15) is 29.0 Å². The number of dihydropyridines is 1. The number of rotatable bonds is 4. The van der Waals surface area contributed by atoms with Crippen LogP contribution in [0.15, 0.2) is 53.1 Å². The van der Waals surface area contributed by atoms with Crippen LogP contribution in [0.25, 0.3) is 0 Å². The molecule has 0 saturated carbocycles. The molecule has 2 heterocycles. The zero-order valence-corrected chi connectivity index (χ0v) is 13.1. The highest BCUT2D eigenvalue weighted by atomic mass is 16.5. The lowest BCUT2D eigenvalue weighted by Crippen LogP contribution is -2.22. The van der Waals surface area contributed by atoms with Gasteiger partial charge in [-0.15, -0.1) is 0 Å². The summed E-state index contributed by atoms with van der Waals surface area (Å²) in [6, 6.07) is 7.88. The van der Waals surface area contributed by atoms with Crippen LogP contribution in [0.5, 0.6) is 11.5 Å². The molecule has 3 N–H and O–H groups in total. The Morgan fingerprint density at radius 2 is 2.17 bits per heavy atom. The summed E-state index contributed by atoms with van der Waals surface area (Å²) in [4.78, 5) is 2.12. The van der Waals surface area contributed by atoms with Crippen molar-refractivity contribution in [2.75, 3.05) is 20.8 Å². The van der Waals surface area contributed by atoms with Crippen LogP contribution in [0.1, 0.15) is 5.56 Å². The molecule has 6 nitrogen and oxygen atoms in total. The highest BCUT2D eigenvalue weighted by Gasteiger charge is 2.26. The first kappa shape index (κ1) is 14.9. The van der Waals surface area contributed by atoms with Crippen molar-refractivity contribution in [1.29, 1.82) is 5.26 Å². The van der Waals surface area contributed by atoms with Crippen LogP contribution in [-0.4, -0.2) is 25.7 Å². The minimum absolute atomic E-state index is 0.392. The number of hydrogen-bond acceptors (Lipinski definition) is 6. The van der Waals surface area contributed by atoms with Gasteiger partial charge in [0.25, 0.3) is 0 Å². The normalized spacial score (nSPS) is 16.1. The SMILES string of the molecule is COc1ccc(OC)c(CN2C=C3C(=CNC(N)=C3C#N)C2)c1. The first-order chi connectivity index (χ1) is 11.2. The van der Waals surface area contributed by atoms with Crippen LogP contribution in [-0.2, 0) is 6.54 Å². The first-order valence-corrected chi connectivity index (χ1v) is 7.19. The maximum absolute atomic E-state index is 9.28. The monoisotopic (exact) mass is 310 g/mol. The van der Waals surface area contributed by atoms with Crippen molar-refractivity contribution in [3.63, 3.8) is 0 Å². The van der Waals surface area contributed by atoms with Crippen LogP contribution in [0.4, 0.5) is 0 Å². The number of fused-ring (bicyclic) bond motifs is 1. The molecule has 0 aliphatic carbocycles. The largest absolute Gasteiger partial charge is 0.497 e. The summed E-state index contributed by atoms with van der Waals surface area (Å²) >= 11 is 0. The quantitative estimate of drug-likeness (QED) is 0.878. The number of nitriles is 1. The maximum atomic E-state index is 9.28. The molecule has 3 rings (SSSR count). The van der Waals surface area contributed by atoms with Gasteiger partial charge < -0.3 is 25.4 Å². The number of allylic oxidation sites excluding steroid dienone is 1. The fourth-order valence-corrected chi connectivity index (χ4v) is 2.79. The topological polar surface area (TPSA) is 83.5 Å². The summed E-state index contributed by atoms with van der Waals surface area (Å²) in [6.45, 7) is 1.36. The molecular formula is C17H18N4O2. The third-order valence-electron chi connectivity index (χ3n) is 3.94. The zero-order chi connectivity index (χ0) is 16.4. The van der Waals surface area contributed by atoms with E-state index in [0.29, 0.717) is 24.5 Å². The van der Waals surface area contributed by atoms with E-state index >= 15 is 0 Å². The van der Waals surface area contributed by atoms with Crippen molar-refractivity contribution in [3.8, 4) is 17.6 Å². The van der Waals surface area contributed by atoms with Crippen LogP contribution in [0.3, 0.4) is 0 Å². The first-order valence-electron chi connectivity index (χ1n) is 7.19. The van der Waals surface area contributed by atoms with E-state index in [9.17, 15) is 5.26 Å². The van der Waals surface area contributed by atoms with Gasteiger partial charge in [0, 0.05) is 36.6 Å². The van der Waals surface area contributed by atoms with Gasteiger partial charge >= 0.3 is 0 Å². The lowest BCUT2D eigenvalue weighted by atomic mass is 10.0. The van der Waals surface area contributed by atoms with Crippen molar-refractivity contribution in [2.45, 2.75) is 6.54 Å². The molecule has 0 unspecified atom stereocenters. The van der Waals surface area contributed by atoms with Crippen LogP contribution < -0.4 is 20.5 Å². The summed E-state index contributed by atoms with van der Waals surface area (Å²) in [6.07, 6.45) is 3.82. The van der Waals surface area contributed by atoms with Gasteiger partial charge in [0.15, 0.2) is 0 Å². The molecule has 0 amide bonds. The molecule has 1 aromatic carbocycles. The molecule has 0 aromatic heterocycles. The lowest BCUT2D eigenvalue weighted by molar-refractivity contribution is 0.374. The lowest BCUT2D eigenvalue weighted by Gasteiger charge is -2.18. The number of ether oxygens (including phenoxy) is 2. The second kappa shape index (κ2) is 5.97. The highest BCUT2D eigenvalue weighted by molar-refractivity contribution is 5.59. The fourth-order valence-electron chi connectivity index (χ4n) is 2.79. The van der Waals surface area contributed by atoms with E-state index in [1.54, 1.807) is 14.2 Å². The second-order valence-corrected chi connectivity index (χ2v) is 5.34. The molecule has 1 aromatic rings. The van der Waals surface area contributed by atoms with E-state index in [-0.39, 0.29) is 0 Å². The fraction of sp³-hybridized carbons (Fsp3) is 0.235. The van der Waals surface area contributed by atoms with Gasteiger partial charge in [0.2, 0.25) is 0 Å². The van der Waals surface area contributed by atoms with Crippen molar-refractivity contribution in [3.05, 3.63) is 58.7 Å². The van der Waals surface area contributed by atoms with Gasteiger partial charge in [-0.25, -0.2) is 0 Å². The summed E-state index contributed by atoms with van der Waals surface area (Å²) in [5, 5.41) is 12.2. The Balaban J connectivity index is 1.88. The van der Waals surface area contributed by atoms with E-state index in [1.807, 2.05) is 30.6 Å².